The number of aromatic nitrogens is 2. The predicted molar refractivity (Wildman–Crippen MR) is 103 cm³/mol. The third-order valence-corrected chi connectivity index (χ3v) is 4.37. The van der Waals surface area contributed by atoms with Gasteiger partial charge in [-0.15, -0.1) is 0 Å². The lowest BCUT2D eigenvalue weighted by atomic mass is 10.2. The van der Waals surface area contributed by atoms with Crippen molar-refractivity contribution in [1.82, 2.24) is 20.0 Å². The van der Waals surface area contributed by atoms with Crippen molar-refractivity contribution in [3.63, 3.8) is 0 Å². The minimum atomic E-state index is 0.489. The molecule has 1 aliphatic heterocycles. The Hall–Kier alpha value is -2.38. The van der Waals surface area contributed by atoms with Crippen molar-refractivity contribution < 1.29 is 4.74 Å². The van der Waals surface area contributed by atoms with Crippen molar-refractivity contribution >= 4 is 5.96 Å². The molecule has 2 heterocycles. The SMILES string of the molecule is NC(=NCc1cnn(Cc2ccccc2)c1)NCCCN1CCOCC1. The van der Waals surface area contributed by atoms with Crippen molar-refractivity contribution in [2.45, 2.75) is 19.5 Å². The first-order valence-electron chi connectivity index (χ1n) is 9.19. The summed E-state index contributed by atoms with van der Waals surface area (Å²) in [5.41, 5.74) is 8.23. The number of hydrogen-bond donors (Lipinski definition) is 2. The fraction of sp³-hybridized carbons (Fsp3) is 0.474. The lowest BCUT2D eigenvalue weighted by molar-refractivity contribution is 0.0376. The van der Waals surface area contributed by atoms with Crippen LogP contribution in [0.2, 0.25) is 0 Å². The minimum Gasteiger partial charge on any atom is -0.379 e. The van der Waals surface area contributed by atoms with Crippen molar-refractivity contribution in [1.29, 1.82) is 0 Å². The summed E-state index contributed by atoms with van der Waals surface area (Å²) >= 11 is 0. The van der Waals surface area contributed by atoms with Gasteiger partial charge >= 0.3 is 0 Å². The van der Waals surface area contributed by atoms with Gasteiger partial charge in [-0.2, -0.15) is 5.10 Å². The van der Waals surface area contributed by atoms with Gasteiger partial charge in [0.2, 0.25) is 0 Å². The van der Waals surface area contributed by atoms with Gasteiger partial charge in [-0.25, -0.2) is 4.99 Å². The fourth-order valence-corrected chi connectivity index (χ4v) is 2.92. The molecule has 2 aromatic rings. The number of rotatable bonds is 8. The molecule has 1 aliphatic rings. The Balaban J connectivity index is 1.35. The molecule has 7 heteroatoms. The summed E-state index contributed by atoms with van der Waals surface area (Å²) in [5.74, 6) is 0.489. The van der Waals surface area contributed by atoms with Crippen LogP contribution in [0.3, 0.4) is 0 Å². The zero-order chi connectivity index (χ0) is 18.0. The Labute approximate surface area is 154 Å². The lowest BCUT2D eigenvalue weighted by Gasteiger charge is -2.26. The van der Waals surface area contributed by atoms with Gasteiger partial charge in [0.25, 0.3) is 0 Å². The normalized spacial score (nSPS) is 15.9. The molecule has 0 radical (unpaired) electrons. The van der Waals surface area contributed by atoms with Crippen LogP contribution in [0, 0.1) is 0 Å². The number of nitrogens with one attached hydrogen (secondary N) is 1. The van der Waals surface area contributed by atoms with E-state index in [9.17, 15) is 0 Å². The van der Waals surface area contributed by atoms with Crippen molar-refractivity contribution in [3.05, 3.63) is 53.9 Å². The van der Waals surface area contributed by atoms with Gasteiger partial charge < -0.3 is 15.8 Å². The summed E-state index contributed by atoms with van der Waals surface area (Å²) in [7, 11) is 0. The highest BCUT2D eigenvalue weighted by Crippen LogP contribution is 2.05. The summed E-state index contributed by atoms with van der Waals surface area (Å²) in [4.78, 5) is 6.81. The number of ether oxygens (including phenoxy) is 1. The first kappa shape index (κ1) is 18.4. The summed E-state index contributed by atoms with van der Waals surface area (Å²) in [6.45, 7) is 6.93. The first-order chi connectivity index (χ1) is 12.8. The number of nitrogens with zero attached hydrogens (tertiary/aromatic N) is 4. The van der Waals surface area contributed by atoms with Gasteiger partial charge in [-0.3, -0.25) is 9.58 Å². The molecule has 1 aromatic heterocycles. The Morgan fingerprint density at radius 2 is 2.00 bits per heavy atom. The Kier molecular flexibility index (Phi) is 7.04. The zero-order valence-electron chi connectivity index (χ0n) is 15.2. The molecule has 26 heavy (non-hydrogen) atoms. The third kappa shape index (κ3) is 6.16. The van der Waals surface area contributed by atoms with E-state index < -0.39 is 0 Å². The monoisotopic (exact) mass is 356 g/mol. The molecule has 0 amide bonds. The summed E-state index contributed by atoms with van der Waals surface area (Å²) < 4.78 is 7.27. The molecule has 1 saturated heterocycles. The molecule has 0 unspecified atom stereocenters. The highest BCUT2D eigenvalue weighted by Gasteiger charge is 2.09. The van der Waals surface area contributed by atoms with Gasteiger partial charge in [0, 0.05) is 31.4 Å². The smallest absolute Gasteiger partial charge is 0.188 e. The van der Waals surface area contributed by atoms with E-state index in [1.165, 1.54) is 5.56 Å². The highest BCUT2D eigenvalue weighted by molar-refractivity contribution is 5.77. The first-order valence-corrected chi connectivity index (χ1v) is 9.19. The van der Waals surface area contributed by atoms with Crippen LogP contribution in [0.5, 0.6) is 0 Å². The molecule has 0 atom stereocenters. The molecule has 7 nitrogen and oxygen atoms in total. The lowest BCUT2D eigenvalue weighted by Crippen LogP contribution is -2.39. The van der Waals surface area contributed by atoms with Crippen molar-refractivity contribution in [2.75, 3.05) is 39.4 Å². The second kappa shape index (κ2) is 9.94. The predicted octanol–water partition coefficient (Wildman–Crippen LogP) is 1.06. The molecule has 0 saturated carbocycles. The van der Waals surface area contributed by atoms with E-state index in [1.54, 1.807) is 0 Å². The molecule has 0 aliphatic carbocycles. The van der Waals surface area contributed by atoms with Crippen LogP contribution in [0.1, 0.15) is 17.5 Å². The molecule has 1 fully saturated rings. The fourth-order valence-electron chi connectivity index (χ4n) is 2.92. The summed E-state index contributed by atoms with van der Waals surface area (Å²) in [5, 5.41) is 7.57. The van der Waals surface area contributed by atoms with Crippen LogP contribution in [0.25, 0.3) is 0 Å². The van der Waals surface area contributed by atoms with E-state index in [1.807, 2.05) is 35.3 Å². The van der Waals surface area contributed by atoms with Gasteiger partial charge in [0.1, 0.15) is 0 Å². The number of aliphatic imine (C=N–C) groups is 1. The van der Waals surface area contributed by atoms with Crippen LogP contribution in [0.15, 0.2) is 47.7 Å². The second-order valence-corrected chi connectivity index (χ2v) is 6.47. The maximum atomic E-state index is 5.95. The molecular weight excluding hydrogens is 328 g/mol. The van der Waals surface area contributed by atoms with Gasteiger partial charge in [0.05, 0.1) is 32.5 Å². The minimum absolute atomic E-state index is 0.489. The van der Waals surface area contributed by atoms with Gasteiger partial charge in [0.15, 0.2) is 5.96 Å². The average molecular weight is 356 g/mol. The Bertz CT molecular complexity index is 678. The van der Waals surface area contributed by atoms with Crippen LogP contribution in [-0.4, -0.2) is 60.0 Å². The number of guanidine groups is 1. The number of morpholine rings is 1. The maximum absolute atomic E-state index is 5.95. The van der Waals surface area contributed by atoms with E-state index >= 15 is 0 Å². The third-order valence-electron chi connectivity index (χ3n) is 4.37. The van der Waals surface area contributed by atoms with E-state index in [0.717, 1.165) is 57.9 Å². The Morgan fingerprint density at radius 3 is 2.81 bits per heavy atom. The molecular formula is C19H28N6O. The largest absolute Gasteiger partial charge is 0.379 e. The molecule has 140 valence electrons. The number of hydrogen-bond acceptors (Lipinski definition) is 4. The number of nitrogens with two attached hydrogens (primary N) is 1. The second-order valence-electron chi connectivity index (χ2n) is 6.47. The topological polar surface area (TPSA) is 80.7 Å². The summed E-state index contributed by atoms with van der Waals surface area (Å²) in [6, 6.07) is 10.3. The molecule has 1 aromatic carbocycles. The molecule has 0 bridgehead atoms. The number of benzene rings is 1. The van der Waals surface area contributed by atoms with E-state index in [2.05, 4.69) is 32.4 Å². The van der Waals surface area contributed by atoms with Crippen LogP contribution in [-0.2, 0) is 17.8 Å². The van der Waals surface area contributed by atoms with Crippen LogP contribution < -0.4 is 11.1 Å². The van der Waals surface area contributed by atoms with Crippen LogP contribution >= 0.6 is 0 Å². The van der Waals surface area contributed by atoms with E-state index in [0.29, 0.717) is 12.5 Å². The van der Waals surface area contributed by atoms with E-state index in [-0.39, 0.29) is 0 Å². The van der Waals surface area contributed by atoms with Gasteiger partial charge in [-0.1, -0.05) is 30.3 Å². The van der Waals surface area contributed by atoms with Gasteiger partial charge in [-0.05, 0) is 18.5 Å². The molecule has 3 N–H and O–H groups in total. The van der Waals surface area contributed by atoms with Crippen LogP contribution in [0.4, 0.5) is 0 Å². The quantitative estimate of drug-likeness (QED) is 0.420. The standard InChI is InChI=1S/C19H28N6O/c20-19(21-7-4-8-24-9-11-26-12-10-24)22-13-18-14-23-25(16-18)15-17-5-2-1-3-6-17/h1-3,5-6,14,16H,4,7-13,15H2,(H3,20,21,22). The van der Waals surface area contributed by atoms with Crippen molar-refractivity contribution in [3.8, 4) is 0 Å². The highest BCUT2D eigenvalue weighted by atomic mass is 16.5. The Morgan fingerprint density at radius 1 is 1.19 bits per heavy atom. The molecule has 3 rings (SSSR count). The molecule has 0 spiro atoms. The summed E-state index contributed by atoms with van der Waals surface area (Å²) in [6.07, 6.45) is 4.91. The zero-order valence-corrected chi connectivity index (χ0v) is 15.2. The average Bonchev–Trinajstić information content (AvgIpc) is 3.12. The maximum Gasteiger partial charge on any atom is 0.188 e. The van der Waals surface area contributed by atoms with Crippen molar-refractivity contribution in [2.24, 2.45) is 10.7 Å². The van der Waals surface area contributed by atoms with E-state index in [4.69, 9.17) is 10.5 Å².